The van der Waals surface area contributed by atoms with Gasteiger partial charge >= 0.3 is 0 Å². The average Bonchev–Trinajstić information content (AvgIpc) is 2.39. The maximum absolute atomic E-state index is 5.59. The molecule has 0 amide bonds. The first-order chi connectivity index (χ1) is 8.98. The molecule has 0 aromatic heterocycles. The van der Waals surface area contributed by atoms with Gasteiger partial charge in [-0.25, -0.2) is 0 Å². The van der Waals surface area contributed by atoms with Crippen LogP contribution in [0.15, 0.2) is 0 Å². The topological polar surface area (TPSA) is 24.5 Å². The van der Waals surface area contributed by atoms with Crippen LogP contribution in [-0.4, -0.2) is 49.8 Å². The molecule has 1 fully saturated rings. The molecule has 0 spiro atoms. The van der Waals surface area contributed by atoms with E-state index in [9.17, 15) is 0 Å². The highest BCUT2D eigenvalue weighted by Gasteiger charge is 2.26. The molecule has 0 aromatic carbocycles. The van der Waals surface area contributed by atoms with Crippen molar-refractivity contribution in [2.24, 2.45) is 5.92 Å². The van der Waals surface area contributed by atoms with Crippen molar-refractivity contribution in [1.29, 1.82) is 0 Å². The third-order valence-corrected chi connectivity index (χ3v) is 4.43. The summed E-state index contributed by atoms with van der Waals surface area (Å²) < 4.78 is 5.59. The second kappa shape index (κ2) is 8.23. The van der Waals surface area contributed by atoms with Crippen molar-refractivity contribution in [3.05, 3.63) is 0 Å². The predicted molar refractivity (Wildman–Crippen MR) is 82.6 cm³/mol. The molecule has 1 saturated heterocycles. The Bertz CT molecular complexity index is 237. The summed E-state index contributed by atoms with van der Waals surface area (Å²) in [5, 5.41) is 3.46. The number of methoxy groups -OCH3 is 1. The van der Waals surface area contributed by atoms with Gasteiger partial charge in [-0.15, -0.1) is 0 Å². The van der Waals surface area contributed by atoms with Crippen molar-refractivity contribution >= 4 is 0 Å². The minimum absolute atomic E-state index is 0.0144. The van der Waals surface area contributed by atoms with Gasteiger partial charge in [-0.1, -0.05) is 6.92 Å². The molecule has 1 rings (SSSR count). The second-order valence-electron chi connectivity index (χ2n) is 6.71. The highest BCUT2D eigenvalue weighted by Crippen LogP contribution is 2.22. The standard InChI is InChI=1S/C16H34N2O/c1-6-11-18(13-15-7-9-17-10-8-15)14(2)12-16(3,4)19-5/h14-15,17H,6-13H2,1-5H3. The lowest BCUT2D eigenvalue weighted by atomic mass is 9.94. The molecule has 3 nitrogen and oxygen atoms in total. The van der Waals surface area contributed by atoms with Crippen LogP contribution in [0.5, 0.6) is 0 Å². The summed E-state index contributed by atoms with van der Waals surface area (Å²) in [5.74, 6) is 0.876. The zero-order valence-electron chi connectivity index (χ0n) is 13.7. The third-order valence-electron chi connectivity index (χ3n) is 4.43. The van der Waals surface area contributed by atoms with Crippen LogP contribution in [0.4, 0.5) is 0 Å². The van der Waals surface area contributed by atoms with E-state index in [0.717, 1.165) is 12.3 Å². The summed E-state index contributed by atoms with van der Waals surface area (Å²) in [7, 11) is 1.82. The number of hydrogen-bond acceptors (Lipinski definition) is 3. The van der Waals surface area contributed by atoms with Crippen molar-refractivity contribution in [3.8, 4) is 0 Å². The Kier molecular flexibility index (Phi) is 7.33. The predicted octanol–water partition coefficient (Wildman–Crippen LogP) is 2.90. The van der Waals surface area contributed by atoms with Gasteiger partial charge in [-0.2, -0.15) is 0 Å². The van der Waals surface area contributed by atoms with E-state index in [1.807, 2.05) is 7.11 Å². The lowest BCUT2D eigenvalue weighted by Gasteiger charge is -2.37. The maximum Gasteiger partial charge on any atom is 0.0637 e. The maximum atomic E-state index is 5.59. The molecule has 1 heterocycles. The summed E-state index contributed by atoms with van der Waals surface area (Å²) in [6, 6.07) is 0.602. The van der Waals surface area contributed by atoms with Crippen molar-refractivity contribution in [2.75, 3.05) is 33.3 Å². The fraction of sp³-hybridized carbons (Fsp3) is 1.00. The quantitative estimate of drug-likeness (QED) is 0.734. The van der Waals surface area contributed by atoms with Gasteiger partial charge in [0.25, 0.3) is 0 Å². The molecular weight excluding hydrogens is 236 g/mol. The van der Waals surface area contributed by atoms with Crippen LogP contribution in [0.25, 0.3) is 0 Å². The van der Waals surface area contributed by atoms with Gasteiger partial charge in [0.2, 0.25) is 0 Å². The van der Waals surface area contributed by atoms with Gasteiger partial charge in [0.15, 0.2) is 0 Å². The summed E-state index contributed by atoms with van der Waals surface area (Å²) in [6.07, 6.45) is 5.01. The van der Waals surface area contributed by atoms with Crippen LogP contribution in [0.2, 0.25) is 0 Å². The molecule has 0 saturated carbocycles. The summed E-state index contributed by atoms with van der Waals surface area (Å²) >= 11 is 0. The first-order valence-corrected chi connectivity index (χ1v) is 7.98. The molecular formula is C16H34N2O. The van der Waals surface area contributed by atoms with E-state index in [1.54, 1.807) is 0 Å². The Morgan fingerprint density at radius 3 is 2.47 bits per heavy atom. The van der Waals surface area contributed by atoms with Crippen LogP contribution < -0.4 is 5.32 Å². The molecule has 0 aliphatic carbocycles. The van der Waals surface area contributed by atoms with Crippen LogP contribution in [0.3, 0.4) is 0 Å². The molecule has 0 radical (unpaired) electrons. The number of rotatable bonds is 8. The van der Waals surface area contributed by atoms with Gasteiger partial charge in [0.05, 0.1) is 5.60 Å². The second-order valence-corrected chi connectivity index (χ2v) is 6.71. The van der Waals surface area contributed by atoms with E-state index >= 15 is 0 Å². The Morgan fingerprint density at radius 2 is 1.95 bits per heavy atom. The lowest BCUT2D eigenvalue weighted by molar-refractivity contribution is -0.00865. The highest BCUT2D eigenvalue weighted by molar-refractivity contribution is 4.80. The molecule has 19 heavy (non-hydrogen) atoms. The van der Waals surface area contributed by atoms with Crippen molar-refractivity contribution < 1.29 is 4.74 Å². The Labute approximate surface area is 120 Å². The monoisotopic (exact) mass is 270 g/mol. The van der Waals surface area contributed by atoms with Crippen molar-refractivity contribution in [1.82, 2.24) is 10.2 Å². The Hall–Kier alpha value is -0.120. The molecule has 1 unspecified atom stereocenters. The minimum atomic E-state index is -0.0144. The smallest absolute Gasteiger partial charge is 0.0637 e. The highest BCUT2D eigenvalue weighted by atomic mass is 16.5. The van der Waals surface area contributed by atoms with Gasteiger partial charge in [0, 0.05) is 19.7 Å². The van der Waals surface area contributed by atoms with Crippen molar-refractivity contribution in [2.45, 2.75) is 65.0 Å². The van der Waals surface area contributed by atoms with E-state index in [1.165, 1.54) is 45.4 Å². The number of nitrogens with one attached hydrogen (secondary N) is 1. The summed E-state index contributed by atoms with van der Waals surface area (Å²) in [6.45, 7) is 13.9. The van der Waals surface area contributed by atoms with E-state index in [0.29, 0.717) is 6.04 Å². The van der Waals surface area contributed by atoms with Crippen LogP contribution in [0.1, 0.15) is 53.4 Å². The summed E-state index contributed by atoms with van der Waals surface area (Å²) in [5.41, 5.74) is -0.0144. The zero-order valence-corrected chi connectivity index (χ0v) is 13.7. The zero-order chi connectivity index (χ0) is 14.3. The molecule has 1 aliphatic rings. The average molecular weight is 270 g/mol. The SMILES string of the molecule is CCCN(CC1CCNCC1)C(C)CC(C)(C)OC. The first-order valence-electron chi connectivity index (χ1n) is 7.98. The molecule has 1 aliphatic heterocycles. The number of nitrogens with zero attached hydrogens (tertiary/aromatic N) is 1. The van der Waals surface area contributed by atoms with Crippen LogP contribution in [0, 0.1) is 5.92 Å². The Balaban J connectivity index is 2.49. The third kappa shape index (κ3) is 6.24. The number of hydrogen-bond donors (Lipinski definition) is 1. The van der Waals surface area contributed by atoms with E-state index < -0.39 is 0 Å². The van der Waals surface area contributed by atoms with Crippen LogP contribution >= 0.6 is 0 Å². The van der Waals surface area contributed by atoms with Gasteiger partial charge < -0.3 is 15.0 Å². The summed E-state index contributed by atoms with van der Waals surface area (Å²) in [4.78, 5) is 2.68. The van der Waals surface area contributed by atoms with E-state index in [4.69, 9.17) is 4.74 Å². The van der Waals surface area contributed by atoms with E-state index in [2.05, 4.69) is 37.9 Å². The fourth-order valence-corrected chi connectivity index (χ4v) is 3.10. The molecule has 1 N–H and O–H groups in total. The molecule has 3 heteroatoms. The minimum Gasteiger partial charge on any atom is -0.379 e. The van der Waals surface area contributed by atoms with Gasteiger partial charge in [-0.3, -0.25) is 0 Å². The fourth-order valence-electron chi connectivity index (χ4n) is 3.10. The largest absolute Gasteiger partial charge is 0.379 e. The molecule has 114 valence electrons. The van der Waals surface area contributed by atoms with Gasteiger partial charge in [0.1, 0.15) is 0 Å². The first kappa shape index (κ1) is 16.9. The molecule has 0 bridgehead atoms. The van der Waals surface area contributed by atoms with E-state index in [-0.39, 0.29) is 5.60 Å². The van der Waals surface area contributed by atoms with Crippen molar-refractivity contribution in [3.63, 3.8) is 0 Å². The number of ether oxygens (including phenoxy) is 1. The van der Waals surface area contributed by atoms with Crippen LogP contribution in [-0.2, 0) is 4.74 Å². The lowest BCUT2D eigenvalue weighted by Crippen LogP contribution is -2.43. The normalized spacial score (nSPS) is 19.9. The Morgan fingerprint density at radius 1 is 1.32 bits per heavy atom. The number of piperidine rings is 1. The molecule has 0 aromatic rings. The molecule has 1 atom stereocenters. The van der Waals surface area contributed by atoms with Gasteiger partial charge in [-0.05, 0) is 72.0 Å².